The summed E-state index contributed by atoms with van der Waals surface area (Å²) in [6.45, 7) is 0.355. The molecule has 5 rings (SSSR count). The Morgan fingerprint density at radius 1 is 1.09 bits per heavy atom. The largest absolute Gasteiger partial charge is 0.478 e. The minimum atomic E-state index is -0.975. The lowest BCUT2D eigenvalue weighted by atomic mass is 9.81. The lowest BCUT2D eigenvalue weighted by Crippen LogP contribution is -2.19. The van der Waals surface area contributed by atoms with E-state index in [0.717, 1.165) is 40.6 Å². The van der Waals surface area contributed by atoms with Gasteiger partial charge in [0, 0.05) is 33.8 Å². The van der Waals surface area contributed by atoms with Crippen LogP contribution in [-0.4, -0.2) is 21.6 Å². The fourth-order valence-corrected chi connectivity index (χ4v) is 5.56. The van der Waals surface area contributed by atoms with Gasteiger partial charge in [0.15, 0.2) is 0 Å². The van der Waals surface area contributed by atoms with E-state index in [-0.39, 0.29) is 5.56 Å². The van der Waals surface area contributed by atoms with Crippen molar-refractivity contribution in [1.29, 1.82) is 0 Å². The molecular formula is C25H24N4O3. The smallest absolute Gasteiger partial charge is 0.335 e. The number of carbonyl (C=O) groups is 2. The van der Waals surface area contributed by atoms with E-state index in [9.17, 15) is 14.7 Å². The van der Waals surface area contributed by atoms with Gasteiger partial charge in [-0.05, 0) is 59.1 Å². The summed E-state index contributed by atoms with van der Waals surface area (Å²) in [4.78, 5) is 27.1. The number of aromatic carboxylic acids is 1. The van der Waals surface area contributed by atoms with Gasteiger partial charge in [0.1, 0.15) is 0 Å². The van der Waals surface area contributed by atoms with Crippen molar-refractivity contribution in [3.8, 4) is 11.3 Å². The van der Waals surface area contributed by atoms with Crippen LogP contribution in [0.1, 0.15) is 59.5 Å². The second kappa shape index (κ2) is 8.17. The number of fused-ring (bicyclic) bond motifs is 5. The molecule has 1 saturated carbocycles. The van der Waals surface area contributed by atoms with Gasteiger partial charge in [-0.2, -0.15) is 0 Å². The molecule has 0 bridgehead atoms. The van der Waals surface area contributed by atoms with Crippen LogP contribution < -0.4 is 0 Å². The highest BCUT2D eigenvalue weighted by Crippen LogP contribution is 2.46. The van der Waals surface area contributed by atoms with E-state index in [1.165, 1.54) is 24.8 Å². The maximum absolute atomic E-state index is 12.7. The standard InChI is InChI=1S/C25H24N4O3/c26-28-27-24(30)18-12-16-8-4-5-9-19(16)23-22(15-6-2-1-3-7-15)20-11-10-17(25(31)32)13-21(20)29(23)14-18/h4-5,8-11,13,15,18H,1-3,6-7,12,14H2,(H,31,32). The molecule has 1 amide bonds. The van der Waals surface area contributed by atoms with Gasteiger partial charge in [-0.15, -0.1) is 0 Å². The molecule has 1 fully saturated rings. The number of hydrogen-bond acceptors (Lipinski definition) is 2. The highest BCUT2D eigenvalue weighted by atomic mass is 16.4. The van der Waals surface area contributed by atoms with Crippen molar-refractivity contribution in [3.63, 3.8) is 0 Å². The minimum Gasteiger partial charge on any atom is -0.478 e. The zero-order chi connectivity index (χ0) is 22.2. The molecule has 0 saturated heterocycles. The van der Waals surface area contributed by atoms with Crippen LogP contribution in [0.2, 0.25) is 0 Å². The fraction of sp³-hybridized carbons (Fsp3) is 0.360. The molecule has 1 aromatic heterocycles. The first-order valence-corrected chi connectivity index (χ1v) is 11.1. The van der Waals surface area contributed by atoms with Crippen LogP contribution >= 0.6 is 0 Å². The Hall–Kier alpha value is -3.57. The van der Waals surface area contributed by atoms with Gasteiger partial charge in [-0.1, -0.05) is 49.6 Å². The van der Waals surface area contributed by atoms with Gasteiger partial charge >= 0.3 is 5.97 Å². The predicted molar refractivity (Wildman–Crippen MR) is 122 cm³/mol. The highest BCUT2D eigenvalue weighted by Gasteiger charge is 2.32. The summed E-state index contributed by atoms with van der Waals surface area (Å²) in [7, 11) is 0. The molecule has 7 nitrogen and oxygen atoms in total. The second-order valence-electron chi connectivity index (χ2n) is 8.83. The quantitative estimate of drug-likeness (QED) is 0.311. The summed E-state index contributed by atoms with van der Waals surface area (Å²) in [5.74, 6) is -1.56. The van der Waals surface area contributed by atoms with Crippen LogP contribution in [0.15, 0.2) is 47.6 Å². The normalized spacial score (nSPS) is 18.3. The SMILES string of the molecule is [N-]=[N+]=NC(=O)C1Cc2ccccc2-c2c(C3CCCCC3)c3ccc(C(=O)O)cc3n2C1. The third kappa shape index (κ3) is 3.35. The number of aromatic nitrogens is 1. The number of nitrogens with zero attached hydrogens (tertiary/aromatic N) is 4. The second-order valence-corrected chi connectivity index (χ2v) is 8.83. The number of carboxylic acid groups (broad SMARTS) is 1. The molecule has 0 spiro atoms. The Bertz CT molecular complexity index is 1280. The van der Waals surface area contributed by atoms with Crippen LogP contribution in [-0.2, 0) is 17.8 Å². The Kier molecular flexibility index (Phi) is 5.19. The maximum atomic E-state index is 12.7. The summed E-state index contributed by atoms with van der Waals surface area (Å²) in [6.07, 6.45) is 6.31. The zero-order valence-electron chi connectivity index (χ0n) is 17.7. The molecule has 32 heavy (non-hydrogen) atoms. The van der Waals surface area contributed by atoms with Gasteiger partial charge in [0.05, 0.1) is 11.3 Å². The fourth-order valence-electron chi connectivity index (χ4n) is 5.56. The molecule has 1 N–H and O–H groups in total. The van der Waals surface area contributed by atoms with Crippen LogP contribution in [0.4, 0.5) is 0 Å². The first-order chi connectivity index (χ1) is 15.6. The van der Waals surface area contributed by atoms with Crippen LogP contribution in [0, 0.1) is 5.92 Å². The third-order valence-corrected chi connectivity index (χ3v) is 7.00. The molecule has 1 atom stereocenters. The topological polar surface area (TPSA) is 108 Å². The molecule has 0 radical (unpaired) electrons. The van der Waals surface area contributed by atoms with Crippen LogP contribution in [0.3, 0.4) is 0 Å². The van der Waals surface area contributed by atoms with Gasteiger partial charge in [-0.3, -0.25) is 4.79 Å². The number of rotatable bonds is 3. The number of amides is 1. The van der Waals surface area contributed by atoms with Gasteiger partial charge in [-0.25, -0.2) is 4.79 Å². The number of carboxylic acids is 1. The van der Waals surface area contributed by atoms with E-state index in [1.54, 1.807) is 12.1 Å². The van der Waals surface area contributed by atoms with E-state index in [2.05, 4.69) is 20.7 Å². The molecule has 7 heteroatoms. The first-order valence-electron chi connectivity index (χ1n) is 11.1. The van der Waals surface area contributed by atoms with Crippen LogP contribution in [0.5, 0.6) is 0 Å². The van der Waals surface area contributed by atoms with E-state index < -0.39 is 17.8 Å². The summed E-state index contributed by atoms with van der Waals surface area (Å²) in [5.41, 5.74) is 14.4. The van der Waals surface area contributed by atoms with Crippen LogP contribution in [0.25, 0.3) is 32.6 Å². The van der Waals surface area contributed by atoms with Crippen molar-refractivity contribution in [2.24, 2.45) is 11.0 Å². The molecular weight excluding hydrogens is 404 g/mol. The molecule has 2 heterocycles. The average Bonchev–Trinajstić information content (AvgIpc) is 3.02. The maximum Gasteiger partial charge on any atom is 0.335 e. The molecule has 2 aromatic carbocycles. The van der Waals surface area contributed by atoms with E-state index in [1.807, 2.05) is 24.3 Å². The summed E-state index contributed by atoms with van der Waals surface area (Å²) in [6, 6.07) is 13.4. The lowest BCUT2D eigenvalue weighted by molar-refractivity contribution is -0.122. The number of azide groups is 1. The predicted octanol–water partition coefficient (Wildman–Crippen LogP) is 6.06. The molecule has 3 aromatic rings. The van der Waals surface area contributed by atoms with Crippen molar-refractivity contribution in [1.82, 2.24) is 4.57 Å². The number of hydrogen-bond donors (Lipinski definition) is 1. The Labute approximate surface area is 185 Å². The number of benzene rings is 2. The van der Waals surface area contributed by atoms with Crippen molar-refractivity contribution in [2.75, 3.05) is 0 Å². The molecule has 162 valence electrons. The van der Waals surface area contributed by atoms with Crippen molar-refractivity contribution < 1.29 is 14.7 Å². The summed E-state index contributed by atoms with van der Waals surface area (Å²) in [5, 5.41) is 14.1. The van der Waals surface area contributed by atoms with Gasteiger partial charge in [0.25, 0.3) is 0 Å². The van der Waals surface area contributed by atoms with Crippen molar-refractivity contribution in [3.05, 3.63) is 69.6 Å². The number of carbonyl (C=O) groups excluding carboxylic acids is 1. The highest BCUT2D eigenvalue weighted by molar-refractivity contribution is 5.99. The van der Waals surface area contributed by atoms with Crippen molar-refractivity contribution in [2.45, 2.75) is 51.0 Å². The summed E-state index contributed by atoms with van der Waals surface area (Å²) < 4.78 is 2.10. The van der Waals surface area contributed by atoms with E-state index >= 15 is 0 Å². The monoisotopic (exact) mass is 428 g/mol. The van der Waals surface area contributed by atoms with Gasteiger partial charge < -0.3 is 9.67 Å². The summed E-state index contributed by atoms with van der Waals surface area (Å²) >= 11 is 0. The van der Waals surface area contributed by atoms with Gasteiger partial charge in [0.2, 0.25) is 5.91 Å². The Balaban J connectivity index is 1.83. The minimum absolute atomic E-state index is 0.225. The molecule has 1 aliphatic heterocycles. The lowest BCUT2D eigenvalue weighted by Gasteiger charge is -2.24. The molecule has 1 aliphatic carbocycles. The average molecular weight is 428 g/mol. The Morgan fingerprint density at radius 3 is 2.62 bits per heavy atom. The zero-order valence-corrected chi connectivity index (χ0v) is 17.7. The Morgan fingerprint density at radius 2 is 1.88 bits per heavy atom. The first kappa shape index (κ1) is 20.3. The van der Waals surface area contributed by atoms with E-state index in [4.69, 9.17) is 5.53 Å². The van der Waals surface area contributed by atoms with E-state index in [0.29, 0.717) is 18.9 Å². The molecule has 1 unspecified atom stereocenters. The third-order valence-electron chi connectivity index (χ3n) is 7.00. The molecule has 2 aliphatic rings. The van der Waals surface area contributed by atoms with Crippen molar-refractivity contribution >= 4 is 22.8 Å².